The van der Waals surface area contributed by atoms with Gasteiger partial charge >= 0.3 is 5.97 Å². The number of hydrogen-bond acceptors (Lipinski definition) is 10. The number of nitrogens with one attached hydrogen (secondary N) is 1. The van der Waals surface area contributed by atoms with E-state index in [9.17, 15) is 27.6 Å². The highest BCUT2D eigenvalue weighted by molar-refractivity contribution is 7.90. The Balaban J connectivity index is 1.21. The number of hydrogen-bond donors (Lipinski definition) is 1. The molecule has 2 amide bonds. The molecule has 2 aliphatic heterocycles. The molecule has 3 aliphatic carbocycles. The number of benzene rings is 1. The summed E-state index contributed by atoms with van der Waals surface area (Å²) >= 11 is 0. The van der Waals surface area contributed by atoms with Gasteiger partial charge in [0, 0.05) is 24.4 Å². The predicted octanol–water partition coefficient (Wildman–Crippen LogP) is 5.04. The number of cyclic esters (lactones) is 1. The van der Waals surface area contributed by atoms with Crippen LogP contribution >= 0.6 is 0 Å². The number of methoxy groups -OCH3 is 1. The lowest BCUT2D eigenvalue weighted by molar-refractivity contribution is -0.151. The molecule has 2 aromatic rings. The highest BCUT2D eigenvalue weighted by Crippen LogP contribution is 2.58. The zero-order valence-electron chi connectivity index (χ0n) is 30.3. The number of esters is 1. The first kappa shape index (κ1) is 36.6. The molecule has 4 bridgehead atoms. The van der Waals surface area contributed by atoms with Crippen LogP contribution in [0.1, 0.15) is 102 Å². The molecule has 5 atom stereocenters. The van der Waals surface area contributed by atoms with Crippen LogP contribution in [0, 0.1) is 23.2 Å². The van der Waals surface area contributed by atoms with Crippen molar-refractivity contribution in [3.63, 3.8) is 0 Å². The van der Waals surface area contributed by atoms with Gasteiger partial charge < -0.3 is 19.1 Å². The molecule has 282 valence electrons. The fraction of sp³-hybridized carbons (Fsp3) is 0.667. The number of pyridine rings is 1. The minimum atomic E-state index is -3.80. The van der Waals surface area contributed by atoms with Crippen molar-refractivity contribution in [2.45, 2.75) is 121 Å². The summed E-state index contributed by atoms with van der Waals surface area (Å²) in [5.41, 5.74) is -0.140. The van der Waals surface area contributed by atoms with E-state index in [0.717, 1.165) is 67.0 Å². The molecule has 3 heterocycles. The van der Waals surface area contributed by atoms with Gasteiger partial charge in [-0.1, -0.05) is 26.2 Å². The Morgan fingerprint density at radius 3 is 2.58 bits per heavy atom. The minimum absolute atomic E-state index is 0.00726. The largest absolute Gasteiger partial charge is 0.496 e. The van der Waals surface area contributed by atoms with Gasteiger partial charge in [0.05, 0.1) is 49.3 Å². The molecule has 1 aromatic carbocycles. The van der Waals surface area contributed by atoms with Crippen molar-refractivity contribution in [3.8, 4) is 11.6 Å². The molecule has 7 rings (SSSR count). The number of ether oxygens (including phenoxy) is 3. The van der Waals surface area contributed by atoms with Crippen molar-refractivity contribution in [2.75, 3.05) is 20.3 Å². The van der Waals surface area contributed by atoms with Crippen LogP contribution in [0.4, 0.5) is 0 Å². The van der Waals surface area contributed by atoms with Crippen molar-refractivity contribution in [2.24, 2.45) is 23.2 Å². The molecule has 0 radical (unpaired) electrons. The Bertz CT molecular complexity index is 1820. The van der Waals surface area contributed by atoms with Gasteiger partial charge in [0.25, 0.3) is 0 Å². The Hall–Kier alpha value is -3.74. The lowest BCUT2D eigenvalue weighted by Crippen LogP contribution is -2.47. The maximum Gasteiger partial charge on any atom is 0.306 e. The molecule has 5 aliphatic rings. The first-order valence-electron chi connectivity index (χ1n) is 19.2. The number of rotatable bonds is 9. The third kappa shape index (κ3) is 7.52. The Labute approximate surface area is 305 Å². The van der Waals surface area contributed by atoms with Crippen LogP contribution in [-0.2, 0) is 40.4 Å². The fourth-order valence-electron chi connectivity index (χ4n) is 8.95. The molecule has 0 unspecified atom stereocenters. The average molecular weight is 738 g/mol. The molecule has 12 nitrogen and oxygen atoms in total. The van der Waals surface area contributed by atoms with Gasteiger partial charge in [0.15, 0.2) is 5.78 Å². The number of nitrogens with zero attached hydrogens (tertiary/aromatic N) is 2. The number of carbonyl (C=O) groups is 4. The van der Waals surface area contributed by atoms with E-state index in [-0.39, 0.29) is 55.9 Å². The number of aromatic nitrogens is 1. The van der Waals surface area contributed by atoms with Crippen LogP contribution in [0.5, 0.6) is 11.6 Å². The van der Waals surface area contributed by atoms with E-state index >= 15 is 0 Å². The predicted molar refractivity (Wildman–Crippen MR) is 192 cm³/mol. The maximum atomic E-state index is 14.7. The highest BCUT2D eigenvalue weighted by Gasteiger charge is 2.61. The van der Waals surface area contributed by atoms with Crippen LogP contribution in [0.15, 0.2) is 24.4 Å². The van der Waals surface area contributed by atoms with E-state index in [1.807, 2.05) is 25.1 Å². The minimum Gasteiger partial charge on any atom is -0.496 e. The van der Waals surface area contributed by atoms with Gasteiger partial charge in [0.2, 0.25) is 27.7 Å². The molecular weight excluding hydrogens is 687 g/mol. The van der Waals surface area contributed by atoms with Crippen LogP contribution in [0.2, 0.25) is 0 Å². The normalized spacial score (nSPS) is 28.9. The molecule has 0 spiro atoms. The highest BCUT2D eigenvalue weighted by atomic mass is 32.2. The van der Waals surface area contributed by atoms with Gasteiger partial charge in [-0.25, -0.2) is 13.4 Å². The number of fused-ring (bicyclic) bond motifs is 3. The van der Waals surface area contributed by atoms with Gasteiger partial charge in [-0.3, -0.25) is 23.9 Å². The number of sulfonamides is 1. The molecule has 52 heavy (non-hydrogen) atoms. The summed E-state index contributed by atoms with van der Waals surface area (Å²) in [4.78, 5) is 62.1. The number of aryl methyl sites for hydroxylation is 1. The van der Waals surface area contributed by atoms with Crippen LogP contribution in [0.3, 0.4) is 0 Å². The topological polar surface area (TPSA) is 158 Å². The average Bonchev–Trinajstić information content (AvgIpc) is 4.00. The van der Waals surface area contributed by atoms with Crippen molar-refractivity contribution < 1.29 is 41.8 Å². The number of ketones is 1. The van der Waals surface area contributed by atoms with Crippen LogP contribution < -0.4 is 14.2 Å². The van der Waals surface area contributed by atoms with Crippen molar-refractivity contribution in [1.29, 1.82) is 0 Å². The lowest BCUT2D eigenvalue weighted by atomic mass is 9.86. The number of carbonyl (C=O) groups excluding carboxylic acids is 4. The van der Waals surface area contributed by atoms with Gasteiger partial charge in [0.1, 0.15) is 11.9 Å². The van der Waals surface area contributed by atoms with E-state index in [0.29, 0.717) is 38.0 Å². The van der Waals surface area contributed by atoms with E-state index in [2.05, 4.69) is 9.71 Å². The second kappa shape index (κ2) is 14.9. The third-order valence-corrected chi connectivity index (χ3v) is 14.0. The summed E-state index contributed by atoms with van der Waals surface area (Å²) in [6.45, 7) is 2.31. The zero-order valence-corrected chi connectivity index (χ0v) is 31.1. The standard InChI is InChI=1S/C39H51N3O9S/c1-3-27-21-39(27,38(46)41-52(47,48)29-12-13-29)22-33(43)32-19-28-23-42(32)37(45)31(24-9-6-7-10-24)20-35(44)50-16-8-4-5-11-26-17-30-25(18-34(26)49-2)14-15-40-36(30)51-28/h14-15,17-18,24,27-29,31-32H,3-13,16,19-23H2,1-2H3,(H,41,46)/t27-,28-,31+,32+,39-/m1/s1. The van der Waals surface area contributed by atoms with E-state index in [1.165, 1.54) is 0 Å². The first-order chi connectivity index (χ1) is 25.0. The summed E-state index contributed by atoms with van der Waals surface area (Å²) in [6, 6.07) is 4.99. The Morgan fingerprint density at radius 1 is 1.08 bits per heavy atom. The molecule has 4 fully saturated rings. The quantitative estimate of drug-likeness (QED) is 0.346. The first-order valence-corrected chi connectivity index (χ1v) is 20.7. The monoisotopic (exact) mass is 737 g/mol. The van der Waals surface area contributed by atoms with Gasteiger partial charge in [-0.2, -0.15) is 0 Å². The molecule has 13 heteroatoms. The molecule has 3 saturated carbocycles. The number of Topliss-reactive ketones (excluding diaryl/α,β-unsaturated/α-hetero) is 1. The molecule has 1 aromatic heterocycles. The second-order valence-corrected chi connectivity index (χ2v) is 17.6. The van der Waals surface area contributed by atoms with E-state index in [4.69, 9.17) is 14.2 Å². The summed E-state index contributed by atoms with van der Waals surface area (Å²) in [5, 5.41) is 1.13. The summed E-state index contributed by atoms with van der Waals surface area (Å²) in [5.74, 6) is -1.24. The van der Waals surface area contributed by atoms with Crippen molar-refractivity contribution in [3.05, 3.63) is 30.0 Å². The van der Waals surface area contributed by atoms with Crippen molar-refractivity contribution in [1.82, 2.24) is 14.6 Å². The molecule has 1 N–H and O–H groups in total. The summed E-state index contributed by atoms with van der Waals surface area (Å²) in [7, 11) is -2.16. The molecular formula is C39H51N3O9S. The van der Waals surface area contributed by atoms with Crippen molar-refractivity contribution >= 4 is 44.4 Å². The smallest absolute Gasteiger partial charge is 0.306 e. The fourth-order valence-corrected chi connectivity index (χ4v) is 10.3. The molecule has 1 saturated heterocycles. The third-order valence-electron chi connectivity index (χ3n) is 12.2. The van der Waals surface area contributed by atoms with Crippen LogP contribution in [0.25, 0.3) is 10.8 Å². The van der Waals surface area contributed by atoms with Gasteiger partial charge in [-0.15, -0.1) is 0 Å². The Kier molecular flexibility index (Phi) is 10.5. The van der Waals surface area contributed by atoms with E-state index < -0.39 is 50.6 Å². The lowest BCUT2D eigenvalue weighted by Gasteiger charge is -2.31. The SMILES string of the molecule is CC[C@@H]1C[C@]1(CC(=O)[C@@H]1C[C@@H]2CN1C(=O)[C@H](C1CCCC1)CC(=O)OCCCCCc1cc3c(nccc3cc1OC)O2)C(=O)NS(=O)(=O)C1CC1. The summed E-state index contributed by atoms with van der Waals surface area (Å²) < 4.78 is 45.8. The second-order valence-electron chi connectivity index (χ2n) is 15.7. The van der Waals surface area contributed by atoms with E-state index in [1.54, 1.807) is 18.2 Å². The maximum absolute atomic E-state index is 14.7. The van der Waals surface area contributed by atoms with Gasteiger partial charge in [-0.05, 0) is 98.8 Å². The Morgan fingerprint density at radius 2 is 1.87 bits per heavy atom. The summed E-state index contributed by atoms with van der Waals surface area (Å²) in [6.07, 6.45) is 9.83. The zero-order chi connectivity index (χ0) is 36.6. The van der Waals surface area contributed by atoms with Crippen LogP contribution in [-0.4, -0.2) is 79.5 Å². The number of amides is 2.